The van der Waals surface area contributed by atoms with Crippen molar-refractivity contribution >= 4 is 11.8 Å². The molecule has 1 fully saturated rings. The zero-order chi connectivity index (χ0) is 14.3. The maximum Gasteiger partial charge on any atom is 0.242 e. The molecule has 1 N–H and O–H groups in total. The molecule has 0 aromatic heterocycles. The first-order valence-electron chi connectivity index (χ1n) is 6.88. The fourth-order valence-electron chi connectivity index (χ4n) is 2.80. The third-order valence-electron chi connectivity index (χ3n) is 3.94. The number of piperazine rings is 1. The molecule has 2 atom stereocenters. The molecule has 20 heavy (non-hydrogen) atoms. The number of carbonyl (C=O) groups excluding carboxylic acids is 2. The molecule has 2 aliphatic heterocycles. The second-order valence-electron chi connectivity index (χ2n) is 5.50. The molecule has 0 spiro atoms. The minimum absolute atomic E-state index is 0.0483. The Bertz CT molecular complexity index is 570. The molecule has 5 nitrogen and oxygen atoms in total. The van der Waals surface area contributed by atoms with Gasteiger partial charge in [0.05, 0.1) is 13.1 Å². The lowest BCUT2D eigenvalue weighted by atomic mass is 10.1. The molecular weight excluding hydrogens is 256 g/mol. The van der Waals surface area contributed by atoms with Gasteiger partial charge in [0.25, 0.3) is 0 Å². The number of fused-ring (bicyclic) bond motifs is 1. The third kappa shape index (κ3) is 2.24. The van der Waals surface area contributed by atoms with Gasteiger partial charge in [0.15, 0.2) is 0 Å². The van der Waals surface area contributed by atoms with Crippen molar-refractivity contribution in [3.8, 4) is 5.75 Å². The van der Waals surface area contributed by atoms with E-state index in [2.05, 4.69) is 11.4 Å². The highest BCUT2D eigenvalue weighted by atomic mass is 16.5. The van der Waals surface area contributed by atoms with E-state index in [1.54, 1.807) is 11.8 Å². The van der Waals surface area contributed by atoms with Crippen LogP contribution in [-0.4, -0.2) is 41.9 Å². The molecule has 1 aromatic carbocycles. The number of aryl methyl sites for hydroxylation is 1. The average Bonchev–Trinajstić information content (AvgIpc) is 2.81. The van der Waals surface area contributed by atoms with Gasteiger partial charge >= 0.3 is 0 Å². The Morgan fingerprint density at radius 3 is 3.00 bits per heavy atom. The van der Waals surface area contributed by atoms with Gasteiger partial charge in [-0.3, -0.25) is 9.59 Å². The fraction of sp³-hybridized carbons (Fsp3) is 0.467. The largest absolute Gasteiger partial charge is 0.488 e. The lowest BCUT2D eigenvalue weighted by molar-refractivity contribution is -0.145. The average molecular weight is 274 g/mol. The van der Waals surface area contributed by atoms with Crippen molar-refractivity contribution in [1.29, 1.82) is 0 Å². The lowest BCUT2D eigenvalue weighted by Gasteiger charge is -2.34. The molecule has 5 heteroatoms. The number of benzene rings is 1. The van der Waals surface area contributed by atoms with E-state index < -0.39 is 6.04 Å². The van der Waals surface area contributed by atoms with E-state index in [0.717, 1.165) is 12.2 Å². The summed E-state index contributed by atoms with van der Waals surface area (Å²) in [6.45, 7) is 4.34. The summed E-state index contributed by atoms with van der Waals surface area (Å²) < 4.78 is 5.87. The van der Waals surface area contributed by atoms with Gasteiger partial charge in [-0.2, -0.15) is 0 Å². The van der Waals surface area contributed by atoms with Crippen molar-refractivity contribution in [3.63, 3.8) is 0 Å². The summed E-state index contributed by atoms with van der Waals surface area (Å²) in [6, 6.07) is 5.68. The molecular formula is C15H18N2O3. The van der Waals surface area contributed by atoms with Crippen molar-refractivity contribution in [2.45, 2.75) is 32.4 Å². The van der Waals surface area contributed by atoms with Crippen molar-refractivity contribution in [2.24, 2.45) is 0 Å². The third-order valence-corrected chi connectivity index (χ3v) is 3.94. The van der Waals surface area contributed by atoms with Gasteiger partial charge in [-0.15, -0.1) is 0 Å². The summed E-state index contributed by atoms with van der Waals surface area (Å²) in [4.78, 5) is 25.2. The van der Waals surface area contributed by atoms with E-state index in [9.17, 15) is 9.59 Å². The predicted octanol–water partition coefficient (Wildman–Crippen LogP) is 0.645. The van der Waals surface area contributed by atoms with Gasteiger partial charge in [-0.05, 0) is 25.5 Å². The maximum atomic E-state index is 11.9. The normalized spacial score (nSPS) is 25.2. The van der Waals surface area contributed by atoms with Crippen LogP contribution in [0.2, 0.25) is 0 Å². The van der Waals surface area contributed by atoms with E-state index in [1.807, 2.05) is 19.1 Å². The van der Waals surface area contributed by atoms with Crippen molar-refractivity contribution < 1.29 is 14.3 Å². The Labute approximate surface area is 117 Å². The van der Waals surface area contributed by atoms with Crippen LogP contribution < -0.4 is 10.1 Å². The fourth-order valence-corrected chi connectivity index (χ4v) is 2.80. The first kappa shape index (κ1) is 13.0. The van der Waals surface area contributed by atoms with Crippen LogP contribution in [0.3, 0.4) is 0 Å². The first-order valence-corrected chi connectivity index (χ1v) is 6.88. The van der Waals surface area contributed by atoms with Gasteiger partial charge in [0, 0.05) is 6.42 Å². The van der Waals surface area contributed by atoms with Crippen LogP contribution in [0.15, 0.2) is 18.2 Å². The number of nitrogens with zero attached hydrogens (tertiary/aromatic N) is 1. The van der Waals surface area contributed by atoms with Crippen LogP contribution in [0.25, 0.3) is 0 Å². The Hall–Kier alpha value is -2.04. The van der Waals surface area contributed by atoms with E-state index in [-0.39, 0.29) is 24.5 Å². The molecule has 0 bridgehead atoms. The van der Waals surface area contributed by atoms with E-state index in [1.165, 1.54) is 11.1 Å². The Kier molecular flexibility index (Phi) is 3.12. The van der Waals surface area contributed by atoms with E-state index in [0.29, 0.717) is 6.54 Å². The smallest absolute Gasteiger partial charge is 0.242 e. The highest BCUT2D eigenvalue weighted by Gasteiger charge is 2.34. The predicted molar refractivity (Wildman–Crippen MR) is 73.5 cm³/mol. The van der Waals surface area contributed by atoms with Gasteiger partial charge < -0.3 is 15.0 Å². The molecule has 2 aliphatic rings. The minimum atomic E-state index is -0.426. The highest BCUT2D eigenvalue weighted by Crippen LogP contribution is 2.30. The van der Waals surface area contributed by atoms with Gasteiger partial charge in [0.2, 0.25) is 11.8 Å². The molecule has 1 aromatic rings. The zero-order valence-electron chi connectivity index (χ0n) is 11.7. The number of hydrogen-bond donors (Lipinski definition) is 1. The quantitative estimate of drug-likeness (QED) is 0.861. The monoisotopic (exact) mass is 274 g/mol. The van der Waals surface area contributed by atoms with Crippen LogP contribution in [0.4, 0.5) is 0 Å². The summed E-state index contributed by atoms with van der Waals surface area (Å²) in [5, 5.41) is 2.59. The van der Waals surface area contributed by atoms with Gasteiger partial charge in [0.1, 0.15) is 17.9 Å². The topological polar surface area (TPSA) is 58.6 Å². The molecule has 0 radical (unpaired) electrons. The van der Waals surface area contributed by atoms with Crippen LogP contribution in [-0.2, 0) is 16.0 Å². The van der Waals surface area contributed by atoms with Crippen LogP contribution in [0.5, 0.6) is 5.75 Å². The first-order chi connectivity index (χ1) is 9.54. The summed E-state index contributed by atoms with van der Waals surface area (Å²) in [6.07, 6.45) is 0.721. The Morgan fingerprint density at radius 2 is 2.20 bits per heavy atom. The van der Waals surface area contributed by atoms with Crippen molar-refractivity contribution in [3.05, 3.63) is 29.3 Å². The number of amides is 2. The van der Waals surface area contributed by atoms with E-state index >= 15 is 0 Å². The molecule has 2 amide bonds. The van der Waals surface area contributed by atoms with Gasteiger partial charge in [-0.1, -0.05) is 17.7 Å². The zero-order valence-corrected chi connectivity index (χ0v) is 11.7. The Balaban J connectivity index is 1.71. The standard InChI is InChI=1S/C15H18N2O3/c1-9-3-4-13-11(5-9)6-12(20-13)8-17-10(2)15(19)16-7-14(17)18/h3-5,10,12H,6-8H2,1-2H3,(H,16,19). The molecule has 2 heterocycles. The van der Waals surface area contributed by atoms with Crippen molar-refractivity contribution in [1.82, 2.24) is 10.2 Å². The molecule has 2 unspecified atom stereocenters. The Morgan fingerprint density at radius 1 is 1.40 bits per heavy atom. The summed E-state index contributed by atoms with van der Waals surface area (Å²) in [5.74, 6) is 0.742. The molecule has 3 rings (SSSR count). The summed E-state index contributed by atoms with van der Waals surface area (Å²) in [7, 11) is 0. The number of rotatable bonds is 2. The van der Waals surface area contributed by atoms with Crippen LogP contribution in [0.1, 0.15) is 18.1 Å². The molecule has 106 valence electrons. The summed E-state index contributed by atoms with van der Waals surface area (Å²) in [5.41, 5.74) is 2.38. The van der Waals surface area contributed by atoms with Gasteiger partial charge in [-0.25, -0.2) is 0 Å². The van der Waals surface area contributed by atoms with E-state index in [4.69, 9.17) is 4.74 Å². The lowest BCUT2D eigenvalue weighted by Crippen LogP contribution is -2.59. The summed E-state index contributed by atoms with van der Waals surface area (Å²) >= 11 is 0. The number of carbonyl (C=O) groups is 2. The minimum Gasteiger partial charge on any atom is -0.488 e. The second-order valence-corrected chi connectivity index (χ2v) is 5.50. The van der Waals surface area contributed by atoms with Crippen LogP contribution in [0, 0.1) is 6.92 Å². The van der Waals surface area contributed by atoms with Crippen molar-refractivity contribution in [2.75, 3.05) is 13.1 Å². The maximum absolute atomic E-state index is 11.9. The number of hydrogen-bond acceptors (Lipinski definition) is 3. The molecule has 1 saturated heterocycles. The second kappa shape index (κ2) is 4.81. The number of nitrogens with one attached hydrogen (secondary N) is 1. The highest BCUT2D eigenvalue weighted by molar-refractivity contribution is 5.94. The number of ether oxygens (including phenoxy) is 1. The molecule has 0 aliphatic carbocycles. The van der Waals surface area contributed by atoms with Crippen LogP contribution >= 0.6 is 0 Å². The molecule has 0 saturated carbocycles. The SMILES string of the molecule is Cc1ccc2c(c1)CC(CN1C(=O)CNC(=O)C1C)O2.